The van der Waals surface area contributed by atoms with Crippen LogP contribution in [0.2, 0.25) is 0 Å². The van der Waals surface area contributed by atoms with Crippen molar-refractivity contribution in [3.63, 3.8) is 0 Å². The zero-order valence-corrected chi connectivity index (χ0v) is 14.1. The smallest absolute Gasteiger partial charge is 0.129 e. The summed E-state index contributed by atoms with van der Waals surface area (Å²) in [5.74, 6) is 1.54. The number of aryl methyl sites for hydroxylation is 2. The molecule has 22 heavy (non-hydrogen) atoms. The van der Waals surface area contributed by atoms with Crippen LogP contribution in [0.25, 0.3) is 21.3 Å². The molecule has 5 heteroatoms. The van der Waals surface area contributed by atoms with Crippen LogP contribution in [-0.2, 0) is 0 Å². The second-order valence-corrected chi connectivity index (χ2v) is 7.20. The lowest BCUT2D eigenvalue weighted by atomic mass is 10.0. The van der Waals surface area contributed by atoms with E-state index in [9.17, 15) is 0 Å². The van der Waals surface area contributed by atoms with Crippen LogP contribution in [0.3, 0.4) is 0 Å². The van der Waals surface area contributed by atoms with Crippen LogP contribution >= 0.6 is 23.1 Å². The Hall–Kier alpha value is -1.90. The van der Waals surface area contributed by atoms with Crippen molar-refractivity contribution >= 4 is 33.3 Å². The van der Waals surface area contributed by atoms with Gasteiger partial charge < -0.3 is 0 Å². The van der Waals surface area contributed by atoms with Crippen molar-refractivity contribution in [3.05, 3.63) is 41.0 Å². The topological polar surface area (TPSA) is 49.6 Å². The van der Waals surface area contributed by atoms with Gasteiger partial charge in [0, 0.05) is 22.6 Å². The van der Waals surface area contributed by atoms with Gasteiger partial charge in [0.15, 0.2) is 0 Å². The number of benzene rings is 1. The molecule has 3 nitrogen and oxygen atoms in total. The van der Waals surface area contributed by atoms with Crippen molar-refractivity contribution in [2.24, 2.45) is 0 Å². The molecule has 0 radical (unpaired) electrons. The van der Waals surface area contributed by atoms with E-state index in [0.29, 0.717) is 6.42 Å². The molecular weight excluding hydrogens is 310 g/mol. The first kappa shape index (κ1) is 15.0. The average Bonchev–Trinajstić information content (AvgIpc) is 2.84. The molecule has 0 fully saturated rings. The van der Waals surface area contributed by atoms with Gasteiger partial charge in [0.25, 0.3) is 0 Å². The summed E-state index contributed by atoms with van der Waals surface area (Å²) in [5.41, 5.74) is 2.42. The number of aromatic nitrogens is 2. The molecule has 0 aliphatic heterocycles. The molecule has 0 aliphatic rings. The summed E-state index contributed by atoms with van der Waals surface area (Å²) in [6.45, 7) is 4.05. The Morgan fingerprint density at radius 3 is 2.68 bits per heavy atom. The summed E-state index contributed by atoms with van der Waals surface area (Å²) in [5, 5.41) is 10.9. The summed E-state index contributed by atoms with van der Waals surface area (Å²) in [6, 6.07) is 12.6. The summed E-state index contributed by atoms with van der Waals surface area (Å²) >= 11 is 3.36. The van der Waals surface area contributed by atoms with E-state index in [4.69, 9.17) is 5.26 Å². The van der Waals surface area contributed by atoms with Gasteiger partial charge in [-0.15, -0.1) is 23.1 Å². The van der Waals surface area contributed by atoms with Crippen molar-refractivity contribution in [1.29, 1.82) is 5.26 Å². The number of thiophene rings is 1. The van der Waals surface area contributed by atoms with Gasteiger partial charge in [-0.05, 0) is 19.4 Å². The van der Waals surface area contributed by atoms with E-state index in [1.54, 1.807) is 23.1 Å². The normalized spacial score (nSPS) is 10.8. The molecule has 1 aromatic carbocycles. The summed E-state index contributed by atoms with van der Waals surface area (Å²) in [7, 11) is 0. The number of rotatable bonds is 4. The summed E-state index contributed by atoms with van der Waals surface area (Å²) in [4.78, 5) is 11.5. The van der Waals surface area contributed by atoms with Crippen LogP contribution in [-0.4, -0.2) is 15.7 Å². The van der Waals surface area contributed by atoms with Crippen LogP contribution in [0.15, 0.2) is 35.4 Å². The van der Waals surface area contributed by atoms with E-state index in [0.717, 1.165) is 26.8 Å². The third kappa shape index (κ3) is 2.85. The molecule has 0 aliphatic carbocycles. The Balaban J connectivity index is 2.20. The van der Waals surface area contributed by atoms with E-state index in [1.165, 1.54) is 16.0 Å². The SMILES string of the molecule is Cc1nc(SCCC#N)c2c(-c3ccccc3)c(C)sc2n1. The minimum absolute atomic E-state index is 0.527. The fraction of sp³-hybridized carbons (Fsp3) is 0.235. The van der Waals surface area contributed by atoms with E-state index >= 15 is 0 Å². The highest BCUT2D eigenvalue weighted by Crippen LogP contribution is 2.41. The first-order valence-electron chi connectivity index (χ1n) is 7.03. The lowest BCUT2D eigenvalue weighted by Gasteiger charge is -2.06. The lowest BCUT2D eigenvalue weighted by molar-refractivity contribution is 1.01. The van der Waals surface area contributed by atoms with Crippen LogP contribution < -0.4 is 0 Å². The van der Waals surface area contributed by atoms with Crippen LogP contribution in [0.5, 0.6) is 0 Å². The maximum Gasteiger partial charge on any atom is 0.129 e. The van der Waals surface area contributed by atoms with Gasteiger partial charge >= 0.3 is 0 Å². The molecule has 0 unspecified atom stereocenters. The predicted molar refractivity (Wildman–Crippen MR) is 93.3 cm³/mol. The third-order valence-electron chi connectivity index (χ3n) is 3.32. The maximum atomic E-state index is 8.75. The number of nitrogens with zero attached hydrogens (tertiary/aromatic N) is 3. The highest BCUT2D eigenvalue weighted by atomic mass is 32.2. The van der Waals surface area contributed by atoms with Crippen molar-refractivity contribution in [2.75, 3.05) is 5.75 Å². The van der Waals surface area contributed by atoms with Crippen LogP contribution in [0, 0.1) is 25.2 Å². The van der Waals surface area contributed by atoms with E-state index < -0.39 is 0 Å². The Kier molecular flexibility index (Phi) is 4.41. The molecule has 0 N–H and O–H groups in total. The maximum absolute atomic E-state index is 8.75. The van der Waals surface area contributed by atoms with Crippen molar-refractivity contribution < 1.29 is 0 Å². The van der Waals surface area contributed by atoms with Gasteiger partial charge in [0.1, 0.15) is 15.7 Å². The third-order valence-corrected chi connectivity index (χ3v) is 5.30. The molecule has 0 saturated heterocycles. The quantitative estimate of drug-likeness (QED) is 0.385. The summed E-state index contributed by atoms with van der Waals surface area (Å²) < 4.78 is 0. The second kappa shape index (κ2) is 6.47. The molecule has 0 spiro atoms. The minimum atomic E-state index is 0.527. The van der Waals surface area contributed by atoms with Crippen molar-refractivity contribution in [2.45, 2.75) is 25.3 Å². The highest BCUT2D eigenvalue weighted by Gasteiger charge is 2.17. The van der Waals surface area contributed by atoms with Crippen molar-refractivity contribution in [1.82, 2.24) is 9.97 Å². The molecule has 2 aromatic heterocycles. The van der Waals surface area contributed by atoms with E-state index in [1.807, 2.05) is 13.0 Å². The fourth-order valence-corrected chi connectivity index (χ4v) is 4.51. The number of thioether (sulfide) groups is 1. The number of hydrogen-bond donors (Lipinski definition) is 0. The van der Waals surface area contributed by atoms with Crippen molar-refractivity contribution in [3.8, 4) is 17.2 Å². The Bertz CT molecular complexity index is 848. The first-order chi connectivity index (χ1) is 10.7. The van der Waals surface area contributed by atoms with Gasteiger partial charge in [-0.3, -0.25) is 0 Å². The molecule has 0 saturated carbocycles. The first-order valence-corrected chi connectivity index (χ1v) is 8.84. The molecule has 3 aromatic rings. The zero-order chi connectivity index (χ0) is 15.5. The molecule has 2 heterocycles. The lowest BCUT2D eigenvalue weighted by Crippen LogP contribution is -1.92. The predicted octanol–water partition coefficient (Wildman–Crippen LogP) is 4.98. The monoisotopic (exact) mass is 325 g/mol. The van der Waals surface area contributed by atoms with Gasteiger partial charge in [-0.2, -0.15) is 5.26 Å². The highest BCUT2D eigenvalue weighted by molar-refractivity contribution is 7.99. The van der Waals surface area contributed by atoms with Gasteiger partial charge in [0.2, 0.25) is 0 Å². The van der Waals surface area contributed by atoms with Gasteiger partial charge in [0.05, 0.1) is 11.5 Å². The zero-order valence-electron chi connectivity index (χ0n) is 12.5. The second-order valence-electron chi connectivity index (χ2n) is 4.91. The Morgan fingerprint density at radius 1 is 1.18 bits per heavy atom. The molecule has 110 valence electrons. The van der Waals surface area contributed by atoms with Gasteiger partial charge in [-0.25, -0.2) is 9.97 Å². The fourth-order valence-electron chi connectivity index (χ4n) is 2.43. The number of nitriles is 1. The largest absolute Gasteiger partial charge is 0.226 e. The molecule has 3 rings (SSSR count). The van der Waals surface area contributed by atoms with Crippen LogP contribution in [0.4, 0.5) is 0 Å². The Morgan fingerprint density at radius 2 is 1.95 bits per heavy atom. The number of fused-ring (bicyclic) bond motifs is 1. The summed E-state index contributed by atoms with van der Waals surface area (Å²) in [6.07, 6.45) is 0.527. The standard InChI is InChI=1S/C17H15N3S2/c1-11-14(13-7-4-3-5-8-13)15-16(21-10-6-9-18)19-12(2)20-17(15)22-11/h3-5,7-8H,6,10H2,1-2H3. The minimum Gasteiger partial charge on any atom is -0.226 e. The Labute approximate surface area is 138 Å². The molecular formula is C17H15N3S2. The molecule has 0 atom stereocenters. The van der Waals surface area contributed by atoms with Crippen LogP contribution in [0.1, 0.15) is 17.1 Å². The molecule has 0 bridgehead atoms. The van der Waals surface area contributed by atoms with E-state index in [-0.39, 0.29) is 0 Å². The average molecular weight is 325 g/mol. The molecule has 0 amide bonds. The van der Waals surface area contributed by atoms with E-state index in [2.05, 4.69) is 47.2 Å². The number of hydrogen-bond acceptors (Lipinski definition) is 5. The van der Waals surface area contributed by atoms with Gasteiger partial charge in [-0.1, -0.05) is 30.3 Å².